The first-order chi connectivity index (χ1) is 9.71. The van der Waals surface area contributed by atoms with Gasteiger partial charge in [0.25, 0.3) is 0 Å². The van der Waals surface area contributed by atoms with E-state index in [1.165, 1.54) is 5.56 Å². The SMILES string of the molecule is CCOc1cc(C)ccc1CNC(=NC)NCCOC. The van der Waals surface area contributed by atoms with Crippen molar-refractivity contribution in [1.82, 2.24) is 10.6 Å². The molecule has 0 saturated carbocycles. The first-order valence-electron chi connectivity index (χ1n) is 6.87. The van der Waals surface area contributed by atoms with Crippen molar-refractivity contribution < 1.29 is 9.47 Å². The standard InChI is InChI=1S/C15H25N3O2/c1-5-20-14-10-12(2)6-7-13(14)11-18-15(16-3)17-8-9-19-4/h6-7,10H,5,8-9,11H2,1-4H3,(H2,16,17,18). The molecule has 0 spiro atoms. The first-order valence-corrected chi connectivity index (χ1v) is 6.87. The molecule has 2 N–H and O–H groups in total. The molecule has 112 valence electrons. The van der Waals surface area contributed by atoms with Gasteiger partial charge >= 0.3 is 0 Å². The summed E-state index contributed by atoms with van der Waals surface area (Å²) in [7, 11) is 3.43. The van der Waals surface area contributed by atoms with Gasteiger partial charge in [0.1, 0.15) is 5.75 Å². The summed E-state index contributed by atoms with van der Waals surface area (Å²) in [6.07, 6.45) is 0. The van der Waals surface area contributed by atoms with Crippen molar-refractivity contribution in [3.05, 3.63) is 29.3 Å². The Hall–Kier alpha value is -1.75. The summed E-state index contributed by atoms with van der Waals surface area (Å²) in [4.78, 5) is 4.17. The second kappa shape index (κ2) is 9.20. The number of hydrogen-bond acceptors (Lipinski definition) is 3. The van der Waals surface area contributed by atoms with Crippen molar-refractivity contribution in [3.8, 4) is 5.75 Å². The molecule has 20 heavy (non-hydrogen) atoms. The van der Waals surface area contributed by atoms with Crippen LogP contribution in [-0.4, -0.2) is 39.9 Å². The van der Waals surface area contributed by atoms with Gasteiger partial charge in [0.05, 0.1) is 13.2 Å². The minimum atomic E-state index is 0.648. The number of guanidine groups is 1. The number of rotatable bonds is 7. The molecular formula is C15H25N3O2. The van der Waals surface area contributed by atoms with Crippen LogP contribution in [0.5, 0.6) is 5.75 Å². The zero-order valence-electron chi connectivity index (χ0n) is 12.8. The summed E-state index contributed by atoms with van der Waals surface area (Å²) in [5.74, 6) is 1.68. The summed E-state index contributed by atoms with van der Waals surface area (Å²) >= 11 is 0. The smallest absolute Gasteiger partial charge is 0.191 e. The number of aryl methyl sites for hydroxylation is 1. The molecule has 0 aliphatic heterocycles. The van der Waals surface area contributed by atoms with Crippen LogP contribution >= 0.6 is 0 Å². The maximum absolute atomic E-state index is 5.66. The molecule has 0 fully saturated rings. The van der Waals surface area contributed by atoms with E-state index in [9.17, 15) is 0 Å². The normalized spacial score (nSPS) is 11.3. The van der Waals surface area contributed by atoms with Crippen molar-refractivity contribution in [1.29, 1.82) is 0 Å². The van der Waals surface area contributed by atoms with Gasteiger partial charge in [-0.3, -0.25) is 4.99 Å². The molecule has 5 nitrogen and oxygen atoms in total. The van der Waals surface area contributed by atoms with Crippen LogP contribution < -0.4 is 15.4 Å². The number of nitrogens with zero attached hydrogens (tertiary/aromatic N) is 1. The zero-order chi connectivity index (χ0) is 14.8. The highest BCUT2D eigenvalue weighted by Gasteiger charge is 2.05. The van der Waals surface area contributed by atoms with E-state index in [-0.39, 0.29) is 0 Å². The predicted molar refractivity (Wildman–Crippen MR) is 82.4 cm³/mol. The highest BCUT2D eigenvalue weighted by Crippen LogP contribution is 2.20. The molecule has 0 amide bonds. The van der Waals surface area contributed by atoms with Crippen LogP contribution in [0.3, 0.4) is 0 Å². The van der Waals surface area contributed by atoms with Gasteiger partial charge in [-0.25, -0.2) is 0 Å². The molecule has 0 aromatic heterocycles. The first kappa shape index (κ1) is 16.3. The van der Waals surface area contributed by atoms with Gasteiger partial charge in [-0.15, -0.1) is 0 Å². The molecule has 0 unspecified atom stereocenters. The molecule has 0 saturated heterocycles. The van der Waals surface area contributed by atoms with Crippen molar-refractivity contribution in [2.75, 3.05) is 33.9 Å². The lowest BCUT2D eigenvalue weighted by atomic mass is 10.1. The summed E-state index contributed by atoms with van der Waals surface area (Å²) in [6.45, 7) is 6.76. The van der Waals surface area contributed by atoms with Gasteiger partial charge in [0.2, 0.25) is 0 Å². The Labute approximate surface area is 121 Å². The van der Waals surface area contributed by atoms with E-state index < -0.39 is 0 Å². The molecule has 0 bridgehead atoms. The van der Waals surface area contributed by atoms with Crippen molar-refractivity contribution >= 4 is 5.96 Å². The Morgan fingerprint density at radius 1 is 1.30 bits per heavy atom. The minimum Gasteiger partial charge on any atom is -0.494 e. The lowest BCUT2D eigenvalue weighted by Crippen LogP contribution is -2.38. The molecule has 0 aliphatic rings. The van der Waals surface area contributed by atoms with Crippen LogP contribution in [0, 0.1) is 6.92 Å². The third-order valence-electron chi connectivity index (χ3n) is 2.79. The van der Waals surface area contributed by atoms with E-state index in [2.05, 4.69) is 40.7 Å². The minimum absolute atomic E-state index is 0.648. The van der Waals surface area contributed by atoms with Crippen LogP contribution in [0.4, 0.5) is 0 Å². The van der Waals surface area contributed by atoms with Crippen molar-refractivity contribution in [2.45, 2.75) is 20.4 Å². The lowest BCUT2D eigenvalue weighted by Gasteiger charge is -2.14. The molecule has 1 rings (SSSR count). The number of methoxy groups -OCH3 is 1. The van der Waals surface area contributed by atoms with Gasteiger partial charge in [-0.05, 0) is 25.5 Å². The number of benzene rings is 1. The molecular weight excluding hydrogens is 254 g/mol. The Morgan fingerprint density at radius 2 is 2.10 bits per heavy atom. The third-order valence-corrected chi connectivity index (χ3v) is 2.79. The van der Waals surface area contributed by atoms with E-state index in [1.807, 2.05) is 6.92 Å². The van der Waals surface area contributed by atoms with Gasteiger partial charge in [-0.1, -0.05) is 12.1 Å². The van der Waals surface area contributed by atoms with Crippen molar-refractivity contribution in [3.63, 3.8) is 0 Å². The average Bonchev–Trinajstić information content (AvgIpc) is 2.44. The predicted octanol–water partition coefficient (Wildman–Crippen LogP) is 1.71. The van der Waals surface area contributed by atoms with Crippen LogP contribution in [0.15, 0.2) is 23.2 Å². The second-order valence-corrected chi connectivity index (χ2v) is 4.39. The average molecular weight is 279 g/mol. The number of hydrogen-bond donors (Lipinski definition) is 2. The van der Waals surface area contributed by atoms with Crippen LogP contribution in [-0.2, 0) is 11.3 Å². The van der Waals surface area contributed by atoms with Gasteiger partial charge in [-0.2, -0.15) is 0 Å². The summed E-state index contributed by atoms with van der Waals surface area (Å²) in [5, 5.41) is 6.44. The fraction of sp³-hybridized carbons (Fsp3) is 0.533. The van der Waals surface area contributed by atoms with Crippen LogP contribution in [0.25, 0.3) is 0 Å². The summed E-state index contributed by atoms with van der Waals surface area (Å²) < 4.78 is 10.7. The fourth-order valence-corrected chi connectivity index (χ4v) is 1.77. The highest BCUT2D eigenvalue weighted by molar-refractivity contribution is 5.79. The summed E-state index contributed by atoms with van der Waals surface area (Å²) in [6, 6.07) is 6.22. The number of ether oxygens (including phenoxy) is 2. The Bertz CT molecular complexity index is 433. The summed E-state index contributed by atoms with van der Waals surface area (Å²) in [5.41, 5.74) is 2.31. The molecule has 1 aromatic carbocycles. The van der Waals surface area contributed by atoms with Gasteiger partial charge in [0.15, 0.2) is 5.96 Å². The maximum atomic E-state index is 5.66. The number of nitrogens with one attached hydrogen (secondary N) is 2. The fourth-order valence-electron chi connectivity index (χ4n) is 1.77. The molecule has 1 aromatic rings. The quantitative estimate of drug-likeness (QED) is 0.453. The van der Waals surface area contributed by atoms with E-state index in [0.717, 1.165) is 23.8 Å². The van der Waals surface area contributed by atoms with E-state index >= 15 is 0 Å². The number of aliphatic imine (C=N–C) groups is 1. The Kier molecular flexibility index (Phi) is 7.50. The highest BCUT2D eigenvalue weighted by atomic mass is 16.5. The van der Waals surface area contributed by atoms with E-state index in [4.69, 9.17) is 9.47 Å². The molecule has 0 heterocycles. The molecule has 5 heteroatoms. The van der Waals surface area contributed by atoms with Crippen molar-refractivity contribution in [2.24, 2.45) is 4.99 Å². The second-order valence-electron chi connectivity index (χ2n) is 4.39. The van der Waals surface area contributed by atoms with Gasteiger partial charge < -0.3 is 20.1 Å². The zero-order valence-corrected chi connectivity index (χ0v) is 12.8. The van der Waals surface area contributed by atoms with E-state index in [0.29, 0.717) is 19.8 Å². The Balaban J connectivity index is 2.59. The third kappa shape index (κ3) is 5.48. The monoisotopic (exact) mass is 279 g/mol. The molecule has 0 aliphatic carbocycles. The topological polar surface area (TPSA) is 54.9 Å². The Morgan fingerprint density at radius 3 is 2.75 bits per heavy atom. The van der Waals surface area contributed by atoms with Crippen LogP contribution in [0.2, 0.25) is 0 Å². The van der Waals surface area contributed by atoms with E-state index in [1.54, 1.807) is 14.2 Å². The van der Waals surface area contributed by atoms with Gasteiger partial charge in [0, 0.05) is 32.8 Å². The lowest BCUT2D eigenvalue weighted by molar-refractivity contribution is 0.203. The maximum Gasteiger partial charge on any atom is 0.191 e. The molecule has 0 atom stereocenters. The van der Waals surface area contributed by atoms with Crippen LogP contribution in [0.1, 0.15) is 18.1 Å². The molecule has 0 radical (unpaired) electrons. The largest absolute Gasteiger partial charge is 0.494 e.